The largest absolute Gasteiger partial charge is 0.313 e. The van der Waals surface area contributed by atoms with Gasteiger partial charge < -0.3 is 4.57 Å². The molecule has 0 atom stereocenters. The predicted molar refractivity (Wildman–Crippen MR) is 87.6 cm³/mol. The SMILES string of the molecule is C=C(CBr)CP(=O)(c1ccccc1)c1ccccc1. The Kier molecular flexibility index (Phi) is 4.79. The van der Waals surface area contributed by atoms with E-state index in [4.69, 9.17) is 0 Å². The molecule has 2 aromatic rings. The van der Waals surface area contributed by atoms with E-state index in [0.717, 1.165) is 16.2 Å². The zero-order valence-electron chi connectivity index (χ0n) is 10.6. The highest BCUT2D eigenvalue weighted by Crippen LogP contribution is 2.44. The standard InChI is InChI=1S/C16H16BrOP/c1-14(12-17)13-19(18,15-8-4-2-5-9-15)16-10-6-3-7-11-16/h2-11H,1,12-13H2. The Morgan fingerprint density at radius 1 is 0.947 bits per heavy atom. The number of allylic oxidation sites excluding steroid dienone is 1. The van der Waals surface area contributed by atoms with Gasteiger partial charge in [0.05, 0.1) is 0 Å². The average Bonchev–Trinajstić information content (AvgIpc) is 2.48. The summed E-state index contributed by atoms with van der Waals surface area (Å²) in [7, 11) is -2.63. The lowest BCUT2D eigenvalue weighted by atomic mass is 10.4. The van der Waals surface area contributed by atoms with Crippen molar-refractivity contribution in [2.24, 2.45) is 0 Å². The molecule has 19 heavy (non-hydrogen) atoms. The van der Waals surface area contributed by atoms with Gasteiger partial charge in [-0.1, -0.05) is 88.7 Å². The number of hydrogen-bond acceptors (Lipinski definition) is 1. The lowest BCUT2D eigenvalue weighted by Crippen LogP contribution is -2.19. The van der Waals surface area contributed by atoms with E-state index in [0.29, 0.717) is 11.5 Å². The van der Waals surface area contributed by atoms with Gasteiger partial charge in [-0.3, -0.25) is 0 Å². The second-order valence-electron chi connectivity index (χ2n) is 4.45. The molecule has 0 heterocycles. The Morgan fingerprint density at radius 2 is 1.37 bits per heavy atom. The molecule has 0 saturated heterocycles. The highest BCUT2D eigenvalue weighted by Gasteiger charge is 2.27. The van der Waals surface area contributed by atoms with Crippen molar-refractivity contribution < 1.29 is 4.57 Å². The highest BCUT2D eigenvalue weighted by molar-refractivity contribution is 9.09. The smallest absolute Gasteiger partial charge is 0.147 e. The maximum absolute atomic E-state index is 13.5. The summed E-state index contributed by atoms with van der Waals surface area (Å²) in [6, 6.07) is 19.4. The molecule has 0 fully saturated rings. The average molecular weight is 335 g/mol. The number of hydrogen-bond donors (Lipinski definition) is 0. The molecule has 0 N–H and O–H groups in total. The first-order valence-corrected chi connectivity index (χ1v) is 9.11. The van der Waals surface area contributed by atoms with Gasteiger partial charge in [-0.05, 0) is 0 Å². The molecule has 0 radical (unpaired) electrons. The highest BCUT2D eigenvalue weighted by atomic mass is 79.9. The van der Waals surface area contributed by atoms with Crippen LogP contribution in [0.2, 0.25) is 0 Å². The van der Waals surface area contributed by atoms with Crippen molar-refractivity contribution in [2.75, 3.05) is 11.5 Å². The Balaban J connectivity index is 2.51. The maximum Gasteiger partial charge on any atom is 0.147 e. The first kappa shape index (κ1) is 14.3. The first-order valence-electron chi connectivity index (χ1n) is 6.10. The van der Waals surface area contributed by atoms with Crippen LogP contribution in [0, 0.1) is 0 Å². The molecule has 0 spiro atoms. The summed E-state index contributed by atoms with van der Waals surface area (Å²) in [5.41, 5.74) is 0.955. The van der Waals surface area contributed by atoms with E-state index < -0.39 is 7.14 Å². The summed E-state index contributed by atoms with van der Waals surface area (Å²) in [4.78, 5) is 0. The van der Waals surface area contributed by atoms with Gasteiger partial charge >= 0.3 is 0 Å². The number of rotatable bonds is 5. The molecule has 3 heteroatoms. The van der Waals surface area contributed by atoms with Crippen LogP contribution in [0.1, 0.15) is 0 Å². The Hall–Kier alpha value is -1.11. The minimum atomic E-state index is -2.63. The molecule has 0 aliphatic heterocycles. The molecule has 0 aliphatic rings. The predicted octanol–water partition coefficient (Wildman–Crippen LogP) is 3.95. The second-order valence-corrected chi connectivity index (χ2v) is 7.84. The Morgan fingerprint density at radius 3 is 1.74 bits per heavy atom. The van der Waals surface area contributed by atoms with Gasteiger partial charge in [0.25, 0.3) is 0 Å². The van der Waals surface area contributed by atoms with Crippen LogP contribution in [-0.2, 0) is 4.57 Å². The second kappa shape index (κ2) is 6.36. The van der Waals surface area contributed by atoms with Gasteiger partial charge in [-0.15, -0.1) is 0 Å². The van der Waals surface area contributed by atoms with Crippen molar-refractivity contribution in [1.29, 1.82) is 0 Å². The van der Waals surface area contributed by atoms with Crippen LogP contribution in [0.3, 0.4) is 0 Å². The molecule has 0 unspecified atom stereocenters. The van der Waals surface area contributed by atoms with E-state index in [1.165, 1.54) is 0 Å². The van der Waals surface area contributed by atoms with Crippen molar-refractivity contribution in [1.82, 2.24) is 0 Å². The third-order valence-electron chi connectivity index (χ3n) is 2.98. The first-order chi connectivity index (χ1) is 9.16. The number of benzene rings is 2. The van der Waals surface area contributed by atoms with Crippen LogP contribution in [0.4, 0.5) is 0 Å². The minimum Gasteiger partial charge on any atom is -0.313 e. The van der Waals surface area contributed by atoms with Crippen LogP contribution < -0.4 is 10.6 Å². The van der Waals surface area contributed by atoms with Crippen molar-refractivity contribution in [3.8, 4) is 0 Å². The summed E-state index contributed by atoms with van der Waals surface area (Å²) < 4.78 is 13.5. The minimum absolute atomic E-state index is 0.506. The summed E-state index contributed by atoms with van der Waals surface area (Å²) >= 11 is 3.39. The normalized spacial score (nSPS) is 11.2. The maximum atomic E-state index is 13.5. The fourth-order valence-electron chi connectivity index (χ4n) is 2.03. The molecule has 98 valence electrons. The number of alkyl halides is 1. The van der Waals surface area contributed by atoms with Crippen LogP contribution in [-0.4, -0.2) is 11.5 Å². The molecule has 0 aliphatic carbocycles. The third-order valence-corrected chi connectivity index (χ3v) is 6.93. The van der Waals surface area contributed by atoms with Crippen LogP contribution in [0.5, 0.6) is 0 Å². The quantitative estimate of drug-likeness (QED) is 0.459. The Bertz CT molecular complexity index is 549. The van der Waals surface area contributed by atoms with Crippen LogP contribution in [0.15, 0.2) is 72.8 Å². The topological polar surface area (TPSA) is 17.1 Å². The van der Waals surface area contributed by atoms with Gasteiger partial charge in [0, 0.05) is 22.1 Å². The lowest BCUT2D eigenvalue weighted by molar-refractivity contribution is 0.588. The monoisotopic (exact) mass is 334 g/mol. The van der Waals surface area contributed by atoms with Crippen molar-refractivity contribution >= 4 is 33.7 Å². The van der Waals surface area contributed by atoms with Crippen molar-refractivity contribution in [3.63, 3.8) is 0 Å². The van der Waals surface area contributed by atoms with E-state index in [-0.39, 0.29) is 0 Å². The van der Waals surface area contributed by atoms with E-state index in [2.05, 4.69) is 22.5 Å². The molecule has 0 amide bonds. The lowest BCUT2D eigenvalue weighted by Gasteiger charge is -2.19. The fraction of sp³-hybridized carbons (Fsp3) is 0.125. The summed E-state index contributed by atoms with van der Waals surface area (Å²) in [5, 5.41) is 2.46. The summed E-state index contributed by atoms with van der Waals surface area (Å²) in [6.07, 6.45) is 0.506. The molecular formula is C16H16BrOP. The Labute approximate surface area is 122 Å². The molecule has 0 aromatic heterocycles. The zero-order valence-corrected chi connectivity index (χ0v) is 13.1. The van der Waals surface area contributed by atoms with Crippen LogP contribution >= 0.6 is 23.1 Å². The van der Waals surface area contributed by atoms with E-state index in [9.17, 15) is 4.57 Å². The van der Waals surface area contributed by atoms with Gasteiger partial charge in [0.15, 0.2) is 0 Å². The molecule has 2 aromatic carbocycles. The number of halogens is 1. The van der Waals surface area contributed by atoms with E-state index >= 15 is 0 Å². The third kappa shape index (κ3) is 3.26. The van der Waals surface area contributed by atoms with E-state index in [1.54, 1.807) is 0 Å². The molecule has 2 rings (SSSR count). The van der Waals surface area contributed by atoms with Crippen molar-refractivity contribution in [3.05, 3.63) is 72.8 Å². The molecule has 0 bridgehead atoms. The molecular weight excluding hydrogens is 319 g/mol. The van der Waals surface area contributed by atoms with Crippen LogP contribution in [0.25, 0.3) is 0 Å². The van der Waals surface area contributed by atoms with Crippen molar-refractivity contribution in [2.45, 2.75) is 0 Å². The van der Waals surface area contributed by atoms with Gasteiger partial charge in [0.2, 0.25) is 0 Å². The molecule has 0 saturated carbocycles. The molecule has 1 nitrogen and oxygen atoms in total. The van der Waals surface area contributed by atoms with Gasteiger partial charge in [0.1, 0.15) is 7.14 Å². The summed E-state index contributed by atoms with van der Waals surface area (Å²) in [6.45, 7) is 3.99. The van der Waals surface area contributed by atoms with Gasteiger partial charge in [-0.25, -0.2) is 0 Å². The zero-order chi connectivity index (χ0) is 13.7. The van der Waals surface area contributed by atoms with E-state index in [1.807, 2.05) is 60.7 Å². The summed E-state index contributed by atoms with van der Waals surface area (Å²) in [5.74, 6) is 0. The van der Waals surface area contributed by atoms with Gasteiger partial charge in [-0.2, -0.15) is 0 Å². The fourth-order valence-corrected chi connectivity index (χ4v) is 5.24.